The Morgan fingerprint density at radius 2 is 2.07 bits per heavy atom. The van der Waals surface area contributed by atoms with Crippen molar-refractivity contribution in [1.82, 2.24) is 10.3 Å². The van der Waals surface area contributed by atoms with Crippen LogP contribution in [-0.4, -0.2) is 16.2 Å². The van der Waals surface area contributed by atoms with E-state index in [1.807, 2.05) is 30.3 Å². The molecule has 1 aromatic carbocycles. The topological polar surface area (TPSA) is 148 Å². The number of carbonyl (C=O) groups is 1. The molecule has 0 spiro atoms. The SMILES string of the molecule is C[n+]1cc(NC(=O)c2sc3nc(N)c(C#N)c(-c4ccccc4)c3c2N)on1. The monoisotopic (exact) mass is 392 g/mol. The summed E-state index contributed by atoms with van der Waals surface area (Å²) >= 11 is 1.09. The first-order valence-electron chi connectivity index (χ1n) is 8.10. The summed E-state index contributed by atoms with van der Waals surface area (Å²) in [6.45, 7) is 0. The van der Waals surface area contributed by atoms with Gasteiger partial charge in [-0.15, -0.1) is 11.3 Å². The number of hydrogen-bond donors (Lipinski definition) is 3. The van der Waals surface area contributed by atoms with Crippen LogP contribution in [0.3, 0.4) is 0 Å². The molecule has 0 unspecified atom stereocenters. The van der Waals surface area contributed by atoms with E-state index in [9.17, 15) is 10.1 Å². The number of aryl methyl sites for hydroxylation is 1. The van der Waals surface area contributed by atoms with Gasteiger partial charge >= 0.3 is 5.88 Å². The lowest BCUT2D eigenvalue weighted by molar-refractivity contribution is -0.739. The van der Waals surface area contributed by atoms with E-state index in [-0.39, 0.29) is 27.8 Å². The van der Waals surface area contributed by atoms with E-state index < -0.39 is 5.91 Å². The van der Waals surface area contributed by atoms with Crippen molar-refractivity contribution < 1.29 is 14.0 Å². The maximum Gasteiger partial charge on any atom is 0.302 e. The van der Waals surface area contributed by atoms with Crippen LogP contribution in [-0.2, 0) is 7.05 Å². The summed E-state index contributed by atoms with van der Waals surface area (Å²) in [6, 6.07) is 11.4. The first kappa shape index (κ1) is 17.4. The van der Waals surface area contributed by atoms with Crippen molar-refractivity contribution in [3.05, 3.63) is 47.0 Å². The zero-order valence-electron chi connectivity index (χ0n) is 14.6. The van der Waals surface area contributed by atoms with Gasteiger partial charge < -0.3 is 11.5 Å². The molecule has 4 aromatic rings. The molecular weight excluding hydrogens is 378 g/mol. The average molecular weight is 392 g/mol. The van der Waals surface area contributed by atoms with E-state index in [4.69, 9.17) is 16.0 Å². The molecule has 3 heterocycles. The zero-order chi connectivity index (χ0) is 19.8. The number of pyridine rings is 1. The number of hydrogen-bond acceptors (Lipinski definition) is 8. The molecule has 0 aliphatic carbocycles. The average Bonchev–Trinajstić information content (AvgIpc) is 3.24. The molecule has 3 aromatic heterocycles. The molecular formula is C18H14N7O2S+. The minimum Gasteiger partial charge on any atom is -0.397 e. The van der Waals surface area contributed by atoms with E-state index in [1.54, 1.807) is 7.05 Å². The number of nitrogen functional groups attached to an aromatic ring is 2. The molecule has 0 radical (unpaired) electrons. The molecule has 0 saturated carbocycles. The smallest absolute Gasteiger partial charge is 0.302 e. The van der Waals surface area contributed by atoms with Gasteiger partial charge in [0.15, 0.2) is 12.3 Å². The molecule has 0 saturated heterocycles. The molecule has 0 bridgehead atoms. The third kappa shape index (κ3) is 2.80. The van der Waals surface area contributed by atoms with Crippen molar-refractivity contribution in [2.45, 2.75) is 0 Å². The summed E-state index contributed by atoms with van der Waals surface area (Å²) in [6.07, 6.45) is 1.51. The van der Waals surface area contributed by atoms with Crippen molar-refractivity contribution in [2.75, 3.05) is 16.8 Å². The van der Waals surface area contributed by atoms with Crippen LogP contribution in [0, 0.1) is 11.3 Å². The predicted octanol–water partition coefficient (Wildman–Crippen LogP) is 2.06. The third-order valence-electron chi connectivity index (χ3n) is 4.09. The van der Waals surface area contributed by atoms with Gasteiger partial charge in [-0.1, -0.05) is 35.0 Å². The molecule has 1 amide bonds. The standard InChI is InChI=1S/C18H13N7O2S/c1-25-8-11(27-24-25)22-17(26)15-14(20)13-12(9-5-3-2-4-6-9)10(7-19)16(21)23-18(13)28-15/h2-6,8H,1H3,(H4-,20,21,22,23,24,26)/p+1. The second kappa shape index (κ2) is 6.64. The van der Waals surface area contributed by atoms with Crippen LogP contribution in [0.1, 0.15) is 15.2 Å². The lowest BCUT2D eigenvalue weighted by atomic mass is 9.97. The molecule has 9 nitrogen and oxygen atoms in total. The van der Waals surface area contributed by atoms with E-state index in [1.165, 1.54) is 10.9 Å². The van der Waals surface area contributed by atoms with Crippen LogP contribution in [0.2, 0.25) is 0 Å². The minimum atomic E-state index is -0.464. The van der Waals surface area contributed by atoms with E-state index in [2.05, 4.69) is 21.6 Å². The number of aromatic nitrogens is 3. The number of thiophene rings is 1. The van der Waals surface area contributed by atoms with Crippen LogP contribution in [0.5, 0.6) is 0 Å². The Morgan fingerprint density at radius 3 is 2.71 bits per heavy atom. The lowest BCUT2D eigenvalue weighted by Gasteiger charge is -2.09. The zero-order valence-corrected chi connectivity index (χ0v) is 15.4. The number of nitriles is 1. The highest BCUT2D eigenvalue weighted by molar-refractivity contribution is 7.21. The molecule has 0 aliphatic rings. The summed E-state index contributed by atoms with van der Waals surface area (Å²) in [5.74, 6) is -0.199. The van der Waals surface area contributed by atoms with Crippen molar-refractivity contribution in [3.8, 4) is 17.2 Å². The van der Waals surface area contributed by atoms with E-state index in [0.29, 0.717) is 15.8 Å². The highest BCUT2D eigenvalue weighted by atomic mass is 32.1. The van der Waals surface area contributed by atoms with Crippen molar-refractivity contribution >= 4 is 44.9 Å². The van der Waals surface area contributed by atoms with Crippen molar-refractivity contribution in [2.24, 2.45) is 7.05 Å². The van der Waals surface area contributed by atoms with Gasteiger partial charge in [0.1, 0.15) is 27.2 Å². The van der Waals surface area contributed by atoms with Crippen molar-refractivity contribution in [1.29, 1.82) is 5.26 Å². The minimum absolute atomic E-state index is 0.0873. The number of fused-ring (bicyclic) bond motifs is 1. The largest absolute Gasteiger partial charge is 0.397 e. The Kier molecular flexibility index (Phi) is 4.14. The van der Waals surface area contributed by atoms with Crippen LogP contribution in [0.4, 0.5) is 17.4 Å². The Bertz CT molecular complexity index is 1250. The fourth-order valence-electron chi connectivity index (χ4n) is 2.89. The lowest BCUT2D eigenvalue weighted by Crippen LogP contribution is -2.28. The van der Waals surface area contributed by atoms with Crippen LogP contribution in [0.25, 0.3) is 21.3 Å². The maximum atomic E-state index is 12.7. The molecule has 10 heteroatoms. The Hall–Kier alpha value is -3.97. The fraction of sp³-hybridized carbons (Fsp3) is 0.0556. The summed E-state index contributed by atoms with van der Waals surface area (Å²) in [5, 5.41) is 16.4. The number of carbonyl (C=O) groups excluding carboxylic acids is 1. The molecule has 4 rings (SSSR count). The predicted molar refractivity (Wildman–Crippen MR) is 104 cm³/mol. The van der Waals surface area contributed by atoms with Gasteiger partial charge in [0.05, 0.1) is 5.69 Å². The quantitative estimate of drug-likeness (QED) is 0.452. The van der Waals surface area contributed by atoms with Gasteiger partial charge in [0.2, 0.25) is 0 Å². The number of nitrogens with zero attached hydrogens (tertiary/aromatic N) is 4. The first-order valence-corrected chi connectivity index (χ1v) is 8.92. The number of anilines is 3. The fourth-order valence-corrected chi connectivity index (χ4v) is 3.90. The summed E-state index contributed by atoms with van der Waals surface area (Å²) in [5.41, 5.74) is 14.1. The number of amides is 1. The van der Waals surface area contributed by atoms with E-state index in [0.717, 1.165) is 16.9 Å². The van der Waals surface area contributed by atoms with Gasteiger partial charge in [-0.25, -0.2) is 4.98 Å². The number of benzene rings is 1. The van der Waals surface area contributed by atoms with Gasteiger partial charge in [0.25, 0.3) is 12.1 Å². The molecule has 5 N–H and O–H groups in total. The second-order valence-electron chi connectivity index (χ2n) is 5.94. The summed E-state index contributed by atoms with van der Waals surface area (Å²) < 4.78 is 6.40. The Labute approximate surface area is 162 Å². The molecule has 28 heavy (non-hydrogen) atoms. The highest BCUT2D eigenvalue weighted by Gasteiger charge is 2.25. The van der Waals surface area contributed by atoms with Crippen LogP contribution >= 0.6 is 11.3 Å². The maximum absolute atomic E-state index is 12.7. The molecule has 0 aliphatic heterocycles. The summed E-state index contributed by atoms with van der Waals surface area (Å²) in [7, 11) is 1.66. The number of rotatable bonds is 3. The van der Waals surface area contributed by atoms with Gasteiger partial charge in [0, 0.05) is 10.9 Å². The van der Waals surface area contributed by atoms with E-state index >= 15 is 0 Å². The normalized spacial score (nSPS) is 10.7. The Morgan fingerprint density at radius 1 is 1.32 bits per heavy atom. The Balaban J connectivity index is 1.91. The van der Waals surface area contributed by atoms with Gasteiger partial charge in [-0.05, 0) is 5.56 Å². The molecule has 0 atom stereocenters. The van der Waals surface area contributed by atoms with Gasteiger partial charge in [-0.3, -0.25) is 14.6 Å². The second-order valence-corrected chi connectivity index (χ2v) is 6.94. The number of nitrogens with two attached hydrogens (primary N) is 2. The number of nitrogens with one attached hydrogen (secondary N) is 1. The van der Waals surface area contributed by atoms with Crippen LogP contribution in [0.15, 0.2) is 41.1 Å². The van der Waals surface area contributed by atoms with Gasteiger partial charge in [-0.2, -0.15) is 5.26 Å². The summed E-state index contributed by atoms with van der Waals surface area (Å²) in [4.78, 5) is 17.7. The molecule has 0 fully saturated rings. The highest BCUT2D eigenvalue weighted by Crippen LogP contribution is 2.42. The van der Waals surface area contributed by atoms with Crippen molar-refractivity contribution in [3.63, 3.8) is 0 Å². The van der Waals surface area contributed by atoms with Crippen LogP contribution < -0.4 is 21.5 Å². The molecule has 138 valence electrons. The third-order valence-corrected chi connectivity index (χ3v) is 5.19. The first-order chi connectivity index (χ1) is 13.5.